The van der Waals surface area contributed by atoms with Crippen LogP contribution in [-0.2, 0) is 0 Å². The number of hydrogen-bond donors (Lipinski definition) is 2. The highest BCUT2D eigenvalue weighted by Crippen LogP contribution is 2.32. The highest BCUT2D eigenvalue weighted by atomic mass is 79.9. The highest BCUT2D eigenvalue weighted by Gasteiger charge is 2.09. The zero-order valence-corrected chi connectivity index (χ0v) is 14.5. The second-order valence-electron chi connectivity index (χ2n) is 4.34. The first kappa shape index (κ1) is 17.1. The standard InChI is InChI=1S/C14H9Br2N3O4/c15-11-5-8(6-12(16)13(11)20)7-17-18-14(21)9-1-3-10(4-2-9)19(22)23/h1-7,20H,(H,18,21). The molecule has 0 spiro atoms. The molecule has 1 amide bonds. The van der Waals surface area contributed by atoms with Crippen molar-refractivity contribution in [3.05, 3.63) is 66.6 Å². The van der Waals surface area contributed by atoms with E-state index in [9.17, 15) is 20.0 Å². The van der Waals surface area contributed by atoms with Gasteiger partial charge in [-0.05, 0) is 61.7 Å². The van der Waals surface area contributed by atoms with E-state index in [0.717, 1.165) is 0 Å². The van der Waals surface area contributed by atoms with E-state index in [4.69, 9.17) is 0 Å². The number of aromatic hydroxyl groups is 1. The summed E-state index contributed by atoms with van der Waals surface area (Å²) in [6.45, 7) is 0. The van der Waals surface area contributed by atoms with E-state index in [1.807, 2.05) is 0 Å². The lowest BCUT2D eigenvalue weighted by molar-refractivity contribution is -0.384. The monoisotopic (exact) mass is 441 g/mol. The number of phenolic OH excluding ortho intramolecular Hbond substituents is 1. The maximum Gasteiger partial charge on any atom is 0.271 e. The summed E-state index contributed by atoms with van der Waals surface area (Å²) in [5, 5.41) is 24.0. The van der Waals surface area contributed by atoms with Crippen molar-refractivity contribution in [3.8, 4) is 5.75 Å². The van der Waals surface area contributed by atoms with Gasteiger partial charge in [-0.2, -0.15) is 5.10 Å². The summed E-state index contributed by atoms with van der Waals surface area (Å²) >= 11 is 6.38. The lowest BCUT2D eigenvalue weighted by atomic mass is 10.2. The lowest BCUT2D eigenvalue weighted by Gasteiger charge is -2.02. The van der Waals surface area contributed by atoms with Gasteiger partial charge in [0.2, 0.25) is 0 Å². The van der Waals surface area contributed by atoms with Gasteiger partial charge in [0.25, 0.3) is 11.6 Å². The molecule has 0 aliphatic heterocycles. The molecule has 0 bridgehead atoms. The molecule has 0 saturated heterocycles. The fourth-order valence-corrected chi connectivity index (χ4v) is 2.85. The van der Waals surface area contributed by atoms with Gasteiger partial charge in [0.05, 0.1) is 20.1 Å². The summed E-state index contributed by atoms with van der Waals surface area (Å²) in [7, 11) is 0. The van der Waals surface area contributed by atoms with Crippen LogP contribution in [0.25, 0.3) is 0 Å². The number of hydrogen-bond acceptors (Lipinski definition) is 5. The Kier molecular flexibility index (Phi) is 5.45. The molecule has 2 aromatic carbocycles. The second kappa shape index (κ2) is 7.34. The van der Waals surface area contributed by atoms with E-state index in [-0.39, 0.29) is 17.0 Å². The molecule has 118 valence electrons. The predicted octanol–water partition coefficient (Wildman–Crippen LogP) is 3.59. The zero-order valence-electron chi connectivity index (χ0n) is 11.4. The van der Waals surface area contributed by atoms with Gasteiger partial charge in [0.1, 0.15) is 5.75 Å². The van der Waals surface area contributed by atoms with Crippen LogP contribution in [0.5, 0.6) is 5.75 Å². The van der Waals surface area contributed by atoms with Crippen molar-refractivity contribution < 1.29 is 14.8 Å². The van der Waals surface area contributed by atoms with Crippen molar-refractivity contribution in [2.45, 2.75) is 0 Å². The number of carbonyl (C=O) groups excluding carboxylic acids is 1. The number of nitro groups is 1. The molecule has 9 heteroatoms. The van der Waals surface area contributed by atoms with Gasteiger partial charge in [-0.3, -0.25) is 14.9 Å². The summed E-state index contributed by atoms with van der Waals surface area (Å²) in [4.78, 5) is 21.9. The summed E-state index contributed by atoms with van der Waals surface area (Å²) in [5.41, 5.74) is 3.12. The molecule has 2 aromatic rings. The van der Waals surface area contributed by atoms with Crippen molar-refractivity contribution in [1.82, 2.24) is 5.43 Å². The van der Waals surface area contributed by atoms with Crippen LogP contribution in [0.15, 0.2) is 50.4 Å². The number of nitrogens with one attached hydrogen (secondary N) is 1. The normalized spacial score (nSPS) is 10.7. The maximum absolute atomic E-state index is 11.9. The topological polar surface area (TPSA) is 105 Å². The van der Waals surface area contributed by atoms with Crippen LogP contribution < -0.4 is 5.43 Å². The minimum absolute atomic E-state index is 0.0667. The highest BCUT2D eigenvalue weighted by molar-refractivity contribution is 9.11. The minimum Gasteiger partial charge on any atom is -0.506 e. The summed E-state index contributed by atoms with van der Waals surface area (Å²) < 4.78 is 0.963. The van der Waals surface area contributed by atoms with Gasteiger partial charge in [0, 0.05) is 17.7 Å². The molecule has 0 heterocycles. The number of nitrogens with zero attached hydrogens (tertiary/aromatic N) is 2. The van der Waals surface area contributed by atoms with Gasteiger partial charge in [0.15, 0.2) is 0 Å². The van der Waals surface area contributed by atoms with E-state index in [1.54, 1.807) is 12.1 Å². The number of amides is 1. The Balaban J connectivity index is 2.05. The Morgan fingerprint density at radius 3 is 2.30 bits per heavy atom. The number of nitro benzene ring substituents is 1. The number of non-ortho nitro benzene ring substituents is 1. The van der Waals surface area contributed by atoms with Crippen LogP contribution in [0.4, 0.5) is 5.69 Å². The van der Waals surface area contributed by atoms with Gasteiger partial charge in [-0.25, -0.2) is 5.43 Å². The Morgan fingerprint density at radius 1 is 1.22 bits per heavy atom. The van der Waals surface area contributed by atoms with Crippen LogP contribution in [0.1, 0.15) is 15.9 Å². The molecule has 7 nitrogen and oxygen atoms in total. The molecule has 0 radical (unpaired) electrons. The van der Waals surface area contributed by atoms with Crippen molar-refractivity contribution in [1.29, 1.82) is 0 Å². The van der Waals surface area contributed by atoms with Crippen LogP contribution in [0.3, 0.4) is 0 Å². The molecular weight excluding hydrogens is 434 g/mol. The van der Waals surface area contributed by atoms with Crippen LogP contribution in [0, 0.1) is 10.1 Å². The predicted molar refractivity (Wildman–Crippen MR) is 91.7 cm³/mol. The summed E-state index contributed by atoms with van der Waals surface area (Å²) in [6.07, 6.45) is 1.40. The Labute approximate surface area is 147 Å². The second-order valence-corrected chi connectivity index (χ2v) is 6.04. The molecule has 2 N–H and O–H groups in total. The van der Waals surface area contributed by atoms with Gasteiger partial charge >= 0.3 is 0 Å². The average molecular weight is 443 g/mol. The van der Waals surface area contributed by atoms with Crippen molar-refractivity contribution >= 4 is 49.7 Å². The number of halogens is 2. The Bertz CT molecular complexity index is 768. The Hall–Kier alpha value is -2.26. The first-order valence-corrected chi connectivity index (χ1v) is 7.73. The molecule has 2 rings (SSSR count). The van der Waals surface area contributed by atoms with E-state index >= 15 is 0 Å². The van der Waals surface area contributed by atoms with Crippen LogP contribution in [0.2, 0.25) is 0 Å². The van der Waals surface area contributed by atoms with Crippen molar-refractivity contribution in [3.63, 3.8) is 0 Å². The maximum atomic E-state index is 11.9. The van der Waals surface area contributed by atoms with Crippen molar-refractivity contribution in [2.75, 3.05) is 0 Å². The average Bonchev–Trinajstić information content (AvgIpc) is 2.52. The first-order chi connectivity index (χ1) is 10.9. The lowest BCUT2D eigenvalue weighted by Crippen LogP contribution is -2.17. The molecule has 0 aliphatic carbocycles. The summed E-state index contributed by atoms with van der Waals surface area (Å²) in [6, 6.07) is 8.43. The SMILES string of the molecule is O=C(NN=Cc1cc(Br)c(O)c(Br)c1)c1ccc([N+](=O)[O-])cc1. The number of benzene rings is 2. The van der Waals surface area contributed by atoms with E-state index in [2.05, 4.69) is 42.4 Å². The number of phenols is 1. The minimum atomic E-state index is -0.541. The Morgan fingerprint density at radius 2 is 1.78 bits per heavy atom. The quantitative estimate of drug-likeness (QED) is 0.428. The zero-order chi connectivity index (χ0) is 17.0. The van der Waals surface area contributed by atoms with Crippen LogP contribution in [-0.4, -0.2) is 22.2 Å². The first-order valence-electron chi connectivity index (χ1n) is 6.14. The van der Waals surface area contributed by atoms with Crippen molar-refractivity contribution in [2.24, 2.45) is 5.10 Å². The van der Waals surface area contributed by atoms with E-state index < -0.39 is 10.8 Å². The van der Waals surface area contributed by atoms with Gasteiger partial charge in [-0.1, -0.05) is 0 Å². The molecule has 0 unspecified atom stereocenters. The molecular formula is C14H9Br2N3O4. The van der Waals surface area contributed by atoms with E-state index in [1.165, 1.54) is 30.5 Å². The fourth-order valence-electron chi connectivity index (χ4n) is 1.62. The number of rotatable bonds is 4. The third-order valence-corrected chi connectivity index (χ3v) is 3.97. The fraction of sp³-hybridized carbons (Fsp3) is 0. The molecule has 0 atom stereocenters. The molecule has 23 heavy (non-hydrogen) atoms. The molecule has 0 aliphatic rings. The molecule has 0 saturated carbocycles. The molecule has 0 aromatic heterocycles. The van der Waals surface area contributed by atoms with E-state index in [0.29, 0.717) is 14.5 Å². The largest absolute Gasteiger partial charge is 0.506 e. The van der Waals surface area contributed by atoms with Gasteiger partial charge in [-0.15, -0.1) is 0 Å². The van der Waals surface area contributed by atoms with Crippen LogP contribution >= 0.6 is 31.9 Å². The summed E-state index contributed by atoms with van der Waals surface area (Å²) in [5.74, 6) is -0.426. The number of hydrazone groups is 1. The molecule has 0 fully saturated rings. The number of carbonyl (C=O) groups is 1. The van der Waals surface area contributed by atoms with Gasteiger partial charge < -0.3 is 5.11 Å². The third-order valence-electron chi connectivity index (χ3n) is 2.76. The third kappa shape index (κ3) is 4.36. The smallest absolute Gasteiger partial charge is 0.271 e.